The molecule has 0 saturated heterocycles. The second-order valence-electron chi connectivity index (χ2n) is 5.34. The molecule has 1 N–H and O–H groups in total. The molecule has 0 aromatic heterocycles. The van der Waals surface area contributed by atoms with Crippen LogP contribution in [0.5, 0.6) is 5.75 Å². The van der Waals surface area contributed by atoms with Gasteiger partial charge in [-0.3, -0.25) is 4.79 Å². The quantitative estimate of drug-likeness (QED) is 0.453. The van der Waals surface area contributed by atoms with Crippen molar-refractivity contribution in [2.24, 2.45) is 0 Å². The molecule has 0 saturated carbocycles. The molecule has 0 amide bonds. The van der Waals surface area contributed by atoms with Crippen LogP contribution in [0.1, 0.15) is 34.8 Å². The van der Waals surface area contributed by atoms with Crippen LogP contribution >= 0.6 is 0 Å². The summed E-state index contributed by atoms with van der Waals surface area (Å²) in [6, 6.07) is 15.3. The fourth-order valence-corrected chi connectivity index (χ4v) is 2.18. The van der Waals surface area contributed by atoms with Crippen molar-refractivity contribution >= 4 is 11.9 Å². The third-order valence-electron chi connectivity index (χ3n) is 3.54. The number of ketones is 1. The first-order valence-corrected chi connectivity index (χ1v) is 7.89. The summed E-state index contributed by atoms with van der Waals surface area (Å²) in [5, 5.41) is 3.35. The fraction of sp³-hybridized carbons (Fsp3) is 0.250. The predicted octanol–water partition coefficient (Wildman–Crippen LogP) is 4.09. The van der Waals surface area contributed by atoms with Gasteiger partial charge in [-0.1, -0.05) is 49.4 Å². The highest BCUT2D eigenvalue weighted by Crippen LogP contribution is 2.13. The van der Waals surface area contributed by atoms with Crippen LogP contribution in [0, 0.1) is 0 Å². The first-order chi connectivity index (χ1) is 11.2. The summed E-state index contributed by atoms with van der Waals surface area (Å²) in [5.41, 5.74) is 2.86. The number of allylic oxidation sites excluding steroid dienone is 1. The van der Waals surface area contributed by atoms with E-state index in [1.54, 1.807) is 13.2 Å². The summed E-state index contributed by atoms with van der Waals surface area (Å²) in [6.07, 6.45) is 4.54. The average Bonchev–Trinajstić information content (AvgIpc) is 2.61. The molecule has 0 heterocycles. The Morgan fingerprint density at radius 2 is 1.78 bits per heavy atom. The normalized spacial score (nSPS) is 10.9. The summed E-state index contributed by atoms with van der Waals surface area (Å²) in [7, 11) is 1.63. The highest BCUT2D eigenvalue weighted by Gasteiger charge is 2.02. The molecular weight excluding hydrogens is 286 g/mol. The van der Waals surface area contributed by atoms with E-state index >= 15 is 0 Å². The summed E-state index contributed by atoms with van der Waals surface area (Å²) < 4.78 is 5.11. The van der Waals surface area contributed by atoms with Crippen molar-refractivity contribution in [3.8, 4) is 5.75 Å². The Morgan fingerprint density at radius 1 is 1.09 bits per heavy atom. The predicted molar refractivity (Wildman–Crippen MR) is 94.8 cm³/mol. The van der Waals surface area contributed by atoms with Crippen LogP contribution in [0.15, 0.2) is 54.6 Å². The van der Waals surface area contributed by atoms with Crippen LogP contribution in [-0.4, -0.2) is 19.4 Å². The Kier molecular flexibility index (Phi) is 6.57. The lowest BCUT2D eigenvalue weighted by Gasteiger charge is -2.04. The number of carbonyl (C=O) groups excluding carboxylic acids is 1. The van der Waals surface area contributed by atoms with E-state index in [9.17, 15) is 4.79 Å². The van der Waals surface area contributed by atoms with E-state index in [1.807, 2.05) is 54.6 Å². The van der Waals surface area contributed by atoms with Crippen molar-refractivity contribution in [1.82, 2.24) is 5.32 Å². The van der Waals surface area contributed by atoms with Gasteiger partial charge in [0.15, 0.2) is 5.78 Å². The summed E-state index contributed by atoms with van der Waals surface area (Å²) >= 11 is 0. The molecule has 120 valence electrons. The van der Waals surface area contributed by atoms with E-state index in [4.69, 9.17) is 4.74 Å². The molecule has 23 heavy (non-hydrogen) atoms. The van der Waals surface area contributed by atoms with E-state index in [-0.39, 0.29) is 5.78 Å². The molecule has 2 aromatic rings. The standard InChI is InChI=1S/C20H23NO2/c1-3-14-21-15-17-4-9-18(10-5-17)20(22)13-8-16-6-11-19(23-2)12-7-16/h4-13,21H,3,14-15H2,1-2H3. The molecular formula is C20H23NO2. The smallest absolute Gasteiger partial charge is 0.185 e. The van der Waals surface area contributed by atoms with Gasteiger partial charge in [-0.15, -0.1) is 0 Å². The van der Waals surface area contributed by atoms with Crippen molar-refractivity contribution in [2.45, 2.75) is 19.9 Å². The lowest BCUT2D eigenvalue weighted by atomic mass is 10.1. The van der Waals surface area contributed by atoms with Crippen molar-refractivity contribution in [2.75, 3.05) is 13.7 Å². The zero-order chi connectivity index (χ0) is 16.5. The van der Waals surface area contributed by atoms with Crippen LogP contribution in [-0.2, 0) is 6.54 Å². The number of methoxy groups -OCH3 is 1. The van der Waals surface area contributed by atoms with Gasteiger partial charge in [0.1, 0.15) is 5.75 Å². The molecule has 0 fully saturated rings. The molecule has 0 atom stereocenters. The molecule has 0 aliphatic carbocycles. The summed E-state index contributed by atoms with van der Waals surface area (Å²) in [6.45, 7) is 3.99. The molecule has 0 bridgehead atoms. The monoisotopic (exact) mass is 309 g/mol. The second kappa shape index (κ2) is 8.91. The van der Waals surface area contributed by atoms with E-state index < -0.39 is 0 Å². The van der Waals surface area contributed by atoms with Crippen LogP contribution < -0.4 is 10.1 Å². The van der Waals surface area contributed by atoms with Crippen molar-refractivity contribution < 1.29 is 9.53 Å². The van der Waals surface area contributed by atoms with Crippen LogP contribution in [0.4, 0.5) is 0 Å². The Hall–Kier alpha value is -2.39. The molecule has 3 heteroatoms. The van der Waals surface area contributed by atoms with Crippen LogP contribution in [0.3, 0.4) is 0 Å². The fourth-order valence-electron chi connectivity index (χ4n) is 2.18. The van der Waals surface area contributed by atoms with Crippen LogP contribution in [0.2, 0.25) is 0 Å². The Balaban J connectivity index is 1.95. The number of benzene rings is 2. The zero-order valence-electron chi connectivity index (χ0n) is 13.7. The summed E-state index contributed by atoms with van der Waals surface area (Å²) in [4.78, 5) is 12.2. The van der Waals surface area contributed by atoms with Gasteiger partial charge in [-0.25, -0.2) is 0 Å². The average molecular weight is 309 g/mol. The topological polar surface area (TPSA) is 38.3 Å². The Bertz CT molecular complexity index is 642. The van der Waals surface area contributed by atoms with Gasteiger partial charge in [-0.05, 0) is 42.3 Å². The van der Waals surface area contributed by atoms with Gasteiger partial charge in [0.2, 0.25) is 0 Å². The minimum atomic E-state index is 0.00823. The lowest BCUT2D eigenvalue weighted by molar-refractivity contribution is 0.104. The first-order valence-electron chi connectivity index (χ1n) is 7.89. The van der Waals surface area contributed by atoms with Gasteiger partial charge in [-0.2, -0.15) is 0 Å². The maximum absolute atomic E-state index is 12.2. The van der Waals surface area contributed by atoms with E-state index in [2.05, 4.69) is 12.2 Å². The molecule has 0 unspecified atom stereocenters. The minimum Gasteiger partial charge on any atom is -0.497 e. The largest absolute Gasteiger partial charge is 0.497 e. The molecule has 3 nitrogen and oxygen atoms in total. The highest BCUT2D eigenvalue weighted by atomic mass is 16.5. The molecule has 0 radical (unpaired) electrons. The number of rotatable bonds is 8. The van der Waals surface area contributed by atoms with E-state index in [1.165, 1.54) is 5.56 Å². The molecule has 0 aliphatic rings. The Morgan fingerprint density at radius 3 is 2.39 bits per heavy atom. The van der Waals surface area contributed by atoms with E-state index in [0.29, 0.717) is 5.56 Å². The number of hydrogen-bond donors (Lipinski definition) is 1. The number of hydrogen-bond acceptors (Lipinski definition) is 3. The maximum atomic E-state index is 12.2. The third kappa shape index (κ3) is 5.38. The SMILES string of the molecule is CCCNCc1ccc(C(=O)C=Cc2ccc(OC)cc2)cc1. The van der Waals surface area contributed by atoms with Gasteiger partial charge >= 0.3 is 0 Å². The van der Waals surface area contributed by atoms with Gasteiger partial charge in [0.05, 0.1) is 7.11 Å². The van der Waals surface area contributed by atoms with Gasteiger partial charge < -0.3 is 10.1 Å². The van der Waals surface area contributed by atoms with Crippen molar-refractivity contribution in [3.05, 3.63) is 71.3 Å². The lowest BCUT2D eigenvalue weighted by Crippen LogP contribution is -2.13. The number of nitrogens with one attached hydrogen (secondary N) is 1. The van der Waals surface area contributed by atoms with Gasteiger partial charge in [0, 0.05) is 12.1 Å². The molecule has 0 spiro atoms. The first kappa shape index (κ1) is 17.0. The Labute approximate surface area is 138 Å². The number of carbonyl (C=O) groups is 1. The zero-order valence-corrected chi connectivity index (χ0v) is 13.7. The minimum absolute atomic E-state index is 0.00823. The number of ether oxygens (including phenoxy) is 1. The summed E-state index contributed by atoms with van der Waals surface area (Å²) in [5.74, 6) is 0.814. The highest BCUT2D eigenvalue weighted by molar-refractivity contribution is 6.06. The maximum Gasteiger partial charge on any atom is 0.185 e. The molecule has 2 aromatic carbocycles. The van der Waals surface area contributed by atoms with Gasteiger partial charge in [0.25, 0.3) is 0 Å². The second-order valence-corrected chi connectivity index (χ2v) is 5.34. The molecule has 2 rings (SSSR count). The van der Waals surface area contributed by atoms with Crippen LogP contribution in [0.25, 0.3) is 6.08 Å². The van der Waals surface area contributed by atoms with Crippen molar-refractivity contribution in [1.29, 1.82) is 0 Å². The van der Waals surface area contributed by atoms with Crippen molar-refractivity contribution in [3.63, 3.8) is 0 Å². The van der Waals surface area contributed by atoms with E-state index in [0.717, 1.165) is 30.8 Å². The molecule has 0 aliphatic heterocycles. The third-order valence-corrected chi connectivity index (χ3v) is 3.54.